The molecule has 0 aliphatic heterocycles. The maximum Gasteiger partial charge on any atom is 0.228 e. The molecular weight excluding hydrogens is 224 g/mol. The number of nitrogens with zero attached hydrogens (tertiary/aromatic N) is 1. The summed E-state index contributed by atoms with van der Waals surface area (Å²) in [6.07, 6.45) is 0.390. The highest BCUT2D eigenvalue weighted by Gasteiger charge is 2.18. The average molecular weight is 248 g/mol. The normalized spacial score (nSPS) is 12.6. The maximum atomic E-state index is 12.1. The summed E-state index contributed by atoms with van der Waals surface area (Å²) in [7, 11) is 1.81. The Kier molecular flexibility index (Phi) is 4.91. The first kappa shape index (κ1) is 14.7. The third kappa shape index (κ3) is 3.57. The second-order valence-electron chi connectivity index (χ2n) is 5.35. The lowest BCUT2D eigenvalue weighted by molar-refractivity contribution is -0.118. The Hall–Kier alpha value is -1.35. The lowest BCUT2D eigenvalue weighted by Crippen LogP contribution is -2.36. The molecule has 0 bridgehead atoms. The third-order valence-electron chi connectivity index (χ3n) is 3.35. The molecule has 1 aromatic carbocycles. The zero-order chi connectivity index (χ0) is 13.9. The number of aryl methyl sites for hydroxylation is 2. The van der Waals surface area contributed by atoms with Crippen LogP contribution in [0.5, 0.6) is 0 Å². The first-order chi connectivity index (χ1) is 8.32. The molecule has 18 heavy (non-hydrogen) atoms. The van der Waals surface area contributed by atoms with E-state index in [2.05, 4.69) is 6.07 Å². The van der Waals surface area contributed by atoms with Gasteiger partial charge in [0.05, 0.1) is 0 Å². The van der Waals surface area contributed by atoms with Crippen molar-refractivity contribution in [3.8, 4) is 0 Å². The van der Waals surface area contributed by atoms with E-state index in [0.717, 1.165) is 11.3 Å². The maximum absolute atomic E-state index is 12.1. The van der Waals surface area contributed by atoms with E-state index in [4.69, 9.17) is 5.73 Å². The van der Waals surface area contributed by atoms with Crippen molar-refractivity contribution in [1.82, 2.24) is 0 Å². The van der Waals surface area contributed by atoms with E-state index in [1.165, 1.54) is 5.56 Å². The van der Waals surface area contributed by atoms with Gasteiger partial charge in [0.2, 0.25) is 5.91 Å². The molecule has 100 valence electrons. The smallest absolute Gasteiger partial charge is 0.228 e. The van der Waals surface area contributed by atoms with Crippen molar-refractivity contribution in [3.05, 3.63) is 29.3 Å². The quantitative estimate of drug-likeness (QED) is 0.890. The highest BCUT2D eigenvalue weighted by molar-refractivity contribution is 5.93. The molecule has 0 saturated heterocycles. The van der Waals surface area contributed by atoms with Gasteiger partial charge in [0.25, 0.3) is 0 Å². The van der Waals surface area contributed by atoms with Crippen LogP contribution in [-0.2, 0) is 4.79 Å². The Labute approximate surface area is 110 Å². The number of carbonyl (C=O) groups excluding carboxylic acids is 1. The molecular formula is C15H24N2O. The molecule has 1 atom stereocenters. The molecule has 0 radical (unpaired) electrons. The van der Waals surface area contributed by atoms with Crippen molar-refractivity contribution in [2.24, 2.45) is 11.7 Å². The fraction of sp³-hybridized carbons (Fsp3) is 0.533. The van der Waals surface area contributed by atoms with Crippen molar-refractivity contribution < 1.29 is 4.79 Å². The van der Waals surface area contributed by atoms with Gasteiger partial charge in [-0.05, 0) is 31.4 Å². The number of amides is 1. The number of hydrogen-bond donors (Lipinski definition) is 1. The molecule has 0 fully saturated rings. The molecule has 1 amide bonds. The summed E-state index contributed by atoms with van der Waals surface area (Å²) >= 11 is 0. The Bertz CT molecular complexity index is 427. The van der Waals surface area contributed by atoms with Crippen LogP contribution in [-0.4, -0.2) is 19.0 Å². The highest BCUT2D eigenvalue weighted by Crippen LogP contribution is 2.21. The van der Waals surface area contributed by atoms with E-state index in [1.54, 1.807) is 4.90 Å². The van der Waals surface area contributed by atoms with Crippen LogP contribution in [0.3, 0.4) is 0 Å². The Morgan fingerprint density at radius 2 is 1.94 bits per heavy atom. The first-order valence-corrected chi connectivity index (χ1v) is 6.42. The zero-order valence-electron chi connectivity index (χ0n) is 12.0. The second kappa shape index (κ2) is 6.01. The Morgan fingerprint density at radius 1 is 1.33 bits per heavy atom. The summed E-state index contributed by atoms with van der Waals surface area (Å²) in [4.78, 5) is 13.8. The molecule has 1 rings (SSSR count). The van der Waals surface area contributed by atoms with E-state index in [-0.39, 0.29) is 11.9 Å². The molecule has 0 aromatic heterocycles. The molecule has 0 saturated carbocycles. The van der Waals surface area contributed by atoms with Gasteiger partial charge in [0, 0.05) is 25.2 Å². The summed E-state index contributed by atoms with van der Waals surface area (Å²) in [5.41, 5.74) is 9.23. The van der Waals surface area contributed by atoms with Crippen LogP contribution in [0.25, 0.3) is 0 Å². The van der Waals surface area contributed by atoms with Crippen LogP contribution in [0.1, 0.15) is 31.4 Å². The van der Waals surface area contributed by atoms with E-state index in [0.29, 0.717) is 12.3 Å². The lowest BCUT2D eigenvalue weighted by Gasteiger charge is -2.23. The van der Waals surface area contributed by atoms with Crippen LogP contribution >= 0.6 is 0 Å². The average Bonchev–Trinajstić information content (AvgIpc) is 2.27. The van der Waals surface area contributed by atoms with Gasteiger partial charge in [-0.25, -0.2) is 0 Å². The number of anilines is 1. The minimum absolute atomic E-state index is 0.0724. The van der Waals surface area contributed by atoms with Crippen molar-refractivity contribution in [2.45, 2.75) is 40.2 Å². The van der Waals surface area contributed by atoms with Crippen LogP contribution < -0.4 is 10.6 Å². The van der Waals surface area contributed by atoms with Crippen molar-refractivity contribution >= 4 is 11.6 Å². The number of carbonyl (C=O) groups is 1. The minimum atomic E-state index is -0.0781. The fourth-order valence-electron chi connectivity index (χ4n) is 1.89. The summed E-state index contributed by atoms with van der Waals surface area (Å²) in [6, 6.07) is 6.02. The van der Waals surface area contributed by atoms with E-state index in [1.807, 2.05) is 46.9 Å². The van der Waals surface area contributed by atoms with Crippen LogP contribution in [0.2, 0.25) is 0 Å². The predicted octanol–water partition coefficient (Wildman–Crippen LogP) is 2.64. The monoisotopic (exact) mass is 248 g/mol. The molecule has 1 aromatic rings. The Morgan fingerprint density at radius 3 is 2.44 bits per heavy atom. The molecule has 0 aliphatic rings. The number of rotatable bonds is 4. The highest BCUT2D eigenvalue weighted by atomic mass is 16.2. The fourth-order valence-corrected chi connectivity index (χ4v) is 1.89. The summed E-state index contributed by atoms with van der Waals surface area (Å²) in [5.74, 6) is 0.393. The molecule has 3 heteroatoms. The van der Waals surface area contributed by atoms with Gasteiger partial charge in [-0.2, -0.15) is 0 Å². The SMILES string of the molecule is Cc1ccc(N(C)C(=O)CC(N)C(C)C)c(C)c1. The van der Waals surface area contributed by atoms with Crippen molar-refractivity contribution in [2.75, 3.05) is 11.9 Å². The summed E-state index contributed by atoms with van der Waals surface area (Å²) in [6.45, 7) is 8.14. The van der Waals surface area contributed by atoms with E-state index in [9.17, 15) is 4.79 Å². The van der Waals surface area contributed by atoms with Gasteiger partial charge in [-0.15, -0.1) is 0 Å². The van der Waals surface area contributed by atoms with Crippen molar-refractivity contribution in [3.63, 3.8) is 0 Å². The number of nitrogens with two attached hydrogens (primary N) is 1. The molecule has 0 heterocycles. The summed E-state index contributed by atoms with van der Waals surface area (Å²) in [5, 5.41) is 0. The van der Waals surface area contributed by atoms with Gasteiger partial charge in [0.15, 0.2) is 0 Å². The predicted molar refractivity (Wildman–Crippen MR) is 76.8 cm³/mol. The van der Waals surface area contributed by atoms with E-state index < -0.39 is 0 Å². The molecule has 2 N–H and O–H groups in total. The third-order valence-corrected chi connectivity index (χ3v) is 3.35. The molecule has 0 spiro atoms. The largest absolute Gasteiger partial charge is 0.327 e. The van der Waals surface area contributed by atoms with Crippen LogP contribution in [0.4, 0.5) is 5.69 Å². The van der Waals surface area contributed by atoms with Gasteiger partial charge in [-0.1, -0.05) is 31.5 Å². The number of benzene rings is 1. The van der Waals surface area contributed by atoms with Crippen molar-refractivity contribution in [1.29, 1.82) is 0 Å². The lowest BCUT2D eigenvalue weighted by atomic mass is 10.0. The van der Waals surface area contributed by atoms with Gasteiger partial charge < -0.3 is 10.6 Å². The van der Waals surface area contributed by atoms with Crippen LogP contribution in [0, 0.1) is 19.8 Å². The number of hydrogen-bond acceptors (Lipinski definition) is 2. The zero-order valence-corrected chi connectivity index (χ0v) is 12.0. The van der Waals surface area contributed by atoms with Gasteiger partial charge in [0.1, 0.15) is 0 Å². The topological polar surface area (TPSA) is 46.3 Å². The van der Waals surface area contributed by atoms with Crippen LogP contribution in [0.15, 0.2) is 18.2 Å². The van der Waals surface area contributed by atoms with Gasteiger partial charge >= 0.3 is 0 Å². The first-order valence-electron chi connectivity index (χ1n) is 6.42. The summed E-state index contributed by atoms with van der Waals surface area (Å²) < 4.78 is 0. The standard InChI is InChI=1S/C15H24N2O/c1-10(2)13(16)9-15(18)17(5)14-7-6-11(3)8-12(14)4/h6-8,10,13H,9,16H2,1-5H3. The molecule has 3 nitrogen and oxygen atoms in total. The second-order valence-corrected chi connectivity index (χ2v) is 5.35. The van der Waals surface area contributed by atoms with E-state index >= 15 is 0 Å². The molecule has 0 aliphatic carbocycles. The van der Waals surface area contributed by atoms with Gasteiger partial charge in [-0.3, -0.25) is 4.79 Å². The molecule has 1 unspecified atom stereocenters. The Balaban J connectivity index is 2.80. The minimum Gasteiger partial charge on any atom is -0.327 e.